The summed E-state index contributed by atoms with van der Waals surface area (Å²) in [5.74, 6) is 2.80. The highest BCUT2D eigenvalue weighted by atomic mass is 32.3. The van der Waals surface area contributed by atoms with Gasteiger partial charge in [0.1, 0.15) is 11.9 Å². The number of hydrogen-bond acceptors (Lipinski definition) is 22. The van der Waals surface area contributed by atoms with E-state index in [9.17, 15) is 13.8 Å². The molecule has 0 heterocycles. The molecule has 0 fully saturated rings. The molecule has 45 heavy (non-hydrogen) atoms. The molecule has 0 aromatic carbocycles. The van der Waals surface area contributed by atoms with Crippen molar-refractivity contribution in [2.24, 2.45) is 9.98 Å². The first-order valence-electron chi connectivity index (χ1n) is 12.1. The van der Waals surface area contributed by atoms with Crippen LogP contribution in [-0.2, 0) is 25.3 Å². The largest absolute Gasteiger partial charge is 0.438 e. The van der Waals surface area contributed by atoms with E-state index in [1.54, 1.807) is 70.6 Å². The molecule has 0 radical (unpaired) electrons. The summed E-state index contributed by atoms with van der Waals surface area (Å²) >= 11 is 18.2. The van der Waals surface area contributed by atoms with Gasteiger partial charge in [0.15, 0.2) is 0 Å². The van der Waals surface area contributed by atoms with Crippen molar-refractivity contribution in [2.75, 3.05) is 87.9 Å². The topological polar surface area (TPSA) is 168 Å². The van der Waals surface area contributed by atoms with E-state index in [1.165, 1.54) is 82.5 Å². The maximum Gasteiger partial charge on any atom is 0.408 e. The van der Waals surface area contributed by atoms with Crippen LogP contribution in [0, 0.1) is 0 Å². The molecule has 264 valence electrons. The zero-order chi connectivity index (χ0) is 32.9. The van der Waals surface area contributed by atoms with Crippen LogP contribution in [0.5, 0.6) is 0 Å². The number of hydrogen-bond donors (Lipinski definition) is 4. The summed E-state index contributed by atoms with van der Waals surface area (Å²) in [6, 6.07) is 0. The molecule has 1 atom stereocenters. The van der Waals surface area contributed by atoms with Crippen LogP contribution in [-0.4, -0.2) is 126 Å². The summed E-state index contributed by atoms with van der Waals surface area (Å²) in [5, 5.41) is 28.5. The molecule has 0 bridgehead atoms. The Balaban J connectivity index is 3.39. The predicted octanol–water partition coefficient (Wildman–Crippen LogP) is 6.28. The van der Waals surface area contributed by atoms with E-state index in [4.69, 9.17) is 24.7 Å². The van der Waals surface area contributed by atoms with Gasteiger partial charge in [0.2, 0.25) is 6.40 Å². The van der Waals surface area contributed by atoms with Gasteiger partial charge in [-0.15, -0.1) is 129 Å². The summed E-state index contributed by atoms with van der Waals surface area (Å²) in [6.45, 7) is 0. The van der Waals surface area contributed by atoms with E-state index in [2.05, 4.69) is 20.6 Å². The van der Waals surface area contributed by atoms with Crippen molar-refractivity contribution >= 4 is 175 Å². The maximum atomic E-state index is 12.0. The average Bonchev–Trinajstić information content (AvgIpc) is 3.03. The number of thioether (sulfide) groups is 12. The van der Waals surface area contributed by atoms with Crippen molar-refractivity contribution in [3.63, 3.8) is 0 Å². The molecule has 0 spiro atoms. The summed E-state index contributed by atoms with van der Waals surface area (Å²) in [7, 11) is -1.11. The first-order chi connectivity index (χ1) is 22.1. The van der Waals surface area contributed by atoms with Crippen molar-refractivity contribution in [1.29, 1.82) is 0 Å². The van der Waals surface area contributed by atoms with Crippen LogP contribution in [0.15, 0.2) is 9.98 Å². The number of alkyl carbamates (subject to hydrolysis) is 1. The molecule has 2 amide bonds. The molecule has 0 aliphatic rings. The Hall–Kier alpha value is 2.11. The Kier molecular flexibility index (Phi) is 42.4. The molecule has 1 unspecified atom stereocenters. The van der Waals surface area contributed by atoms with Crippen LogP contribution in [0.1, 0.15) is 0 Å². The Morgan fingerprint density at radius 1 is 0.689 bits per heavy atom. The quantitative estimate of drug-likeness (QED) is 0.0145. The number of amides is 2. The molecule has 0 aromatic rings. The molecule has 0 aliphatic carbocycles. The van der Waals surface area contributed by atoms with Crippen LogP contribution in [0.2, 0.25) is 0 Å². The second-order valence-corrected chi connectivity index (χ2v) is 22.4. The average molecular weight is 879 g/mol. The lowest BCUT2D eigenvalue weighted by molar-refractivity contribution is -0.196. The SMILES string of the molecule is O=C(NCSCSCN=CS(=O)CSCSCSCSC(=O)NCSCSCN=COOCSCSCO)OCSCSCO. The van der Waals surface area contributed by atoms with E-state index in [0.29, 0.717) is 44.7 Å². The highest BCUT2D eigenvalue weighted by Crippen LogP contribution is 2.22. The van der Waals surface area contributed by atoms with Crippen molar-refractivity contribution in [2.45, 2.75) is 0 Å². The van der Waals surface area contributed by atoms with Crippen molar-refractivity contribution in [1.82, 2.24) is 10.6 Å². The van der Waals surface area contributed by atoms with Gasteiger partial charge in [-0.1, -0.05) is 11.8 Å². The fourth-order valence-electron chi connectivity index (χ4n) is 1.75. The Bertz CT molecular complexity index is 784. The zero-order valence-electron chi connectivity index (χ0n) is 24.0. The zero-order valence-corrected chi connectivity index (χ0v) is 34.6. The molecule has 0 saturated carbocycles. The maximum absolute atomic E-state index is 12.0. The van der Waals surface area contributed by atoms with Gasteiger partial charge in [0.05, 0.1) is 56.8 Å². The van der Waals surface area contributed by atoms with Crippen molar-refractivity contribution in [3.8, 4) is 0 Å². The van der Waals surface area contributed by atoms with E-state index >= 15 is 0 Å². The Labute approximate surface area is 319 Å². The third-order valence-electron chi connectivity index (χ3n) is 3.41. The number of carbonyl (C=O) groups is 2. The predicted molar refractivity (Wildman–Crippen MR) is 219 cm³/mol. The molecule has 0 aliphatic heterocycles. The number of rotatable bonds is 33. The molecular formula is C20H38N4O8S13. The lowest BCUT2D eigenvalue weighted by atomic mass is 11.1. The van der Waals surface area contributed by atoms with Crippen LogP contribution in [0.3, 0.4) is 0 Å². The van der Waals surface area contributed by atoms with Gasteiger partial charge in [-0.25, -0.2) is 9.79 Å². The molecule has 25 heteroatoms. The monoisotopic (exact) mass is 878 g/mol. The Morgan fingerprint density at radius 3 is 2.02 bits per heavy atom. The lowest BCUT2D eigenvalue weighted by Gasteiger charge is -2.06. The first-order valence-corrected chi connectivity index (χ1v) is 27.2. The molecule has 0 saturated heterocycles. The van der Waals surface area contributed by atoms with Gasteiger partial charge in [0, 0.05) is 35.6 Å². The second-order valence-electron chi connectivity index (χ2n) is 6.62. The summed E-state index contributed by atoms with van der Waals surface area (Å²) in [5.41, 5.74) is 1.49. The van der Waals surface area contributed by atoms with Gasteiger partial charge in [-0.2, -0.15) is 4.89 Å². The van der Waals surface area contributed by atoms with Crippen LogP contribution in [0.4, 0.5) is 9.59 Å². The standard InChI is InChI=1S/C20H38N4O8S13/c25-7-37-13-39-9-30-19(27)23-4-35-12-34-3-22-6-45(29)18-43-16-41-15-42-17-44-20(28)24-5-36-11-33-2-21-1-31-32-10-40-14-38-8-26/h1,6,25-26H,2-5,7-18H2,(H,23,27)(H,24,28). The summed E-state index contributed by atoms with van der Waals surface area (Å²) in [4.78, 5) is 41.3. The highest BCUT2D eigenvalue weighted by molar-refractivity contribution is 8.30. The fraction of sp³-hybridized carbons (Fsp3) is 0.800. The van der Waals surface area contributed by atoms with Crippen LogP contribution < -0.4 is 10.6 Å². The third-order valence-corrected chi connectivity index (χ3v) is 17.2. The molecule has 4 N–H and O–H groups in total. The van der Waals surface area contributed by atoms with Gasteiger partial charge in [-0.05, 0) is 0 Å². The van der Waals surface area contributed by atoms with Crippen molar-refractivity contribution in [3.05, 3.63) is 0 Å². The fourth-order valence-corrected chi connectivity index (χ4v) is 13.0. The smallest absolute Gasteiger partial charge is 0.408 e. The minimum absolute atomic E-state index is 0.0400. The number of aliphatic hydroxyl groups excluding tert-OH is 2. The first kappa shape index (κ1) is 47.1. The normalized spacial score (nSPS) is 12.1. The van der Waals surface area contributed by atoms with E-state index in [0.717, 1.165) is 25.4 Å². The molecule has 0 aromatic heterocycles. The number of aliphatic imine (C=N–C) groups is 2. The summed E-state index contributed by atoms with van der Waals surface area (Å²) < 4.78 is 17.0. The molecular weight excluding hydrogens is 841 g/mol. The van der Waals surface area contributed by atoms with E-state index in [-0.39, 0.29) is 23.1 Å². The van der Waals surface area contributed by atoms with Crippen molar-refractivity contribution < 1.29 is 38.5 Å². The third kappa shape index (κ3) is 40.4. The second kappa shape index (κ2) is 40.5. The number of aliphatic hydroxyl groups is 2. The minimum atomic E-state index is -1.11. The number of nitrogens with one attached hydrogen (secondary N) is 2. The van der Waals surface area contributed by atoms with Gasteiger partial charge >= 0.3 is 6.09 Å². The van der Waals surface area contributed by atoms with Crippen LogP contribution >= 0.6 is 141 Å². The molecule has 0 rings (SSSR count). The summed E-state index contributed by atoms with van der Waals surface area (Å²) in [6.07, 6.45) is 0.800. The lowest BCUT2D eigenvalue weighted by Crippen LogP contribution is -2.23. The van der Waals surface area contributed by atoms with Crippen LogP contribution in [0.25, 0.3) is 0 Å². The van der Waals surface area contributed by atoms with Gasteiger partial charge in [0.25, 0.3) is 5.24 Å². The van der Waals surface area contributed by atoms with E-state index in [1.807, 2.05) is 0 Å². The van der Waals surface area contributed by atoms with Gasteiger partial charge < -0.3 is 30.5 Å². The van der Waals surface area contributed by atoms with Gasteiger partial charge in [-0.3, -0.25) is 14.0 Å². The number of nitrogens with zero attached hydrogens (tertiary/aromatic N) is 2. The minimum Gasteiger partial charge on any atom is -0.438 e. The number of carbonyl (C=O) groups excluding carboxylic acids is 2. The molecule has 12 nitrogen and oxygen atoms in total. The Morgan fingerprint density at radius 2 is 1.29 bits per heavy atom. The number of ether oxygens (including phenoxy) is 1. The van der Waals surface area contributed by atoms with E-state index < -0.39 is 16.9 Å². The highest BCUT2D eigenvalue weighted by Gasteiger charge is 2.03.